The Morgan fingerprint density at radius 2 is 1.87 bits per heavy atom. The van der Waals surface area contributed by atoms with Crippen molar-refractivity contribution >= 4 is 11.7 Å². The standard InChI is InChI=1S/C18H20F6N4O2/c1-9(14(29)28-4-11(10(28)2)30-18(22,23)24)27-13-3-12(25-8-26-13)15-5-16(6-15,7-15)17(19,20)21/h3,8-11H,4-7H2,1-2H3,(H,25,26,27)/t9-,10+,11+,15?,16?/m1/s1. The molecule has 4 fully saturated rings. The summed E-state index contributed by atoms with van der Waals surface area (Å²) >= 11 is 0. The Balaban J connectivity index is 1.35. The summed E-state index contributed by atoms with van der Waals surface area (Å²) in [4.78, 5) is 21.9. The third kappa shape index (κ3) is 3.28. The molecule has 1 aromatic rings. The molecule has 3 saturated carbocycles. The van der Waals surface area contributed by atoms with Gasteiger partial charge < -0.3 is 10.2 Å². The van der Waals surface area contributed by atoms with Gasteiger partial charge in [-0.3, -0.25) is 9.53 Å². The summed E-state index contributed by atoms with van der Waals surface area (Å²) < 4.78 is 80.1. The van der Waals surface area contributed by atoms with Gasteiger partial charge in [-0.15, -0.1) is 13.2 Å². The van der Waals surface area contributed by atoms with E-state index in [-0.39, 0.29) is 31.6 Å². The Kier molecular flexibility index (Phi) is 4.54. The second-order valence-electron chi connectivity index (χ2n) is 8.58. The number of anilines is 1. The van der Waals surface area contributed by atoms with Gasteiger partial charge in [0.2, 0.25) is 5.91 Å². The summed E-state index contributed by atoms with van der Waals surface area (Å²) in [5.41, 5.74) is -1.70. The van der Waals surface area contributed by atoms with E-state index in [4.69, 9.17) is 0 Å². The van der Waals surface area contributed by atoms with Crippen LogP contribution in [0.25, 0.3) is 0 Å². The highest BCUT2D eigenvalue weighted by atomic mass is 19.4. The van der Waals surface area contributed by atoms with Gasteiger partial charge in [0.25, 0.3) is 0 Å². The van der Waals surface area contributed by atoms with Crippen LogP contribution in [-0.2, 0) is 14.9 Å². The van der Waals surface area contributed by atoms with E-state index in [2.05, 4.69) is 20.0 Å². The fraction of sp³-hybridized carbons (Fsp3) is 0.722. The van der Waals surface area contributed by atoms with E-state index in [1.54, 1.807) is 6.07 Å². The summed E-state index contributed by atoms with van der Waals surface area (Å²) in [5, 5.41) is 2.86. The smallest absolute Gasteiger partial charge is 0.359 e. The van der Waals surface area contributed by atoms with E-state index in [9.17, 15) is 31.1 Å². The monoisotopic (exact) mass is 438 g/mol. The zero-order valence-electron chi connectivity index (χ0n) is 16.1. The molecule has 5 rings (SSSR count). The van der Waals surface area contributed by atoms with Crippen molar-refractivity contribution in [3.8, 4) is 0 Å². The fourth-order valence-electron chi connectivity index (χ4n) is 4.79. The minimum Gasteiger partial charge on any atom is -0.359 e. The van der Waals surface area contributed by atoms with Gasteiger partial charge in [0.15, 0.2) is 0 Å². The van der Waals surface area contributed by atoms with E-state index >= 15 is 0 Å². The number of alkyl halides is 6. The highest BCUT2D eigenvalue weighted by Gasteiger charge is 2.79. The lowest BCUT2D eigenvalue weighted by molar-refractivity contribution is -0.359. The molecular weight excluding hydrogens is 418 g/mol. The molecule has 6 nitrogen and oxygen atoms in total. The average Bonchev–Trinajstić information content (AvgIpc) is 2.53. The van der Waals surface area contributed by atoms with Crippen molar-refractivity contribution in [1.82, 2.24) is 14.9 Å². The first-order valence-electron chi connectivity index (χ1n) is 9.46. The Morgan fingerprint density at radius 3 is 2.40 bits per heavy atom. The number of likely N-dealkylation sites (tertiary alicyclic amines) is 1. The molecule has 1 amide bonds. The molecule has 2 heterocycles. The highest BCUT2D eigenvalue weighted by Crippen LogP contribution is 2.78. The first-order valence-corrected chi connectivity index (χ1v) is 9.46. The van der Waals surface area contributed by atoms with E-state index in [0.717, 1.165) is 0 Å². The maximum absolute atomic E-state index is 13.1. The third-order valence-electron chi connectivity index (χ3n) is 6.55. The SMILES string of the molecule is C[C@@H](Nc1cc(C23CC(C(F)(F)F)(C2)C3)ncn1)C(=O)N1C[C@H](OC(F)(F)F)[C@@H]1C. The van der Waals surface area contributed by atoms with Crippen molar-refractivity contribution in [2.24, 2.45) is 5.41 Å². The summed E-state index contributed by atoms with van der Waals surface area (Å²) in [5.74, 6) is -0.144. The molecule has 166 valence electrons. The molecule has 0 radical (unpaired) electrons. The van der Waals surface area contributed by atoms with Crippen LogP contribution in [0, 0.1) is 5.41 Å². The molecule has 3 atom stereocenters. The average molecular weight is 438 g/mol. The lowest BCUT2D eigenvalue weighted by Crippen LogP contribution is -2.70. The maximum atomic E-state index is 13.1. The van der Waals surface area contributed by atoms with Crippen molar-refractivity contribution in [3.05, 3.63) is 18.1 Å². The van der Waals surface area contributed by atoms with Crippen molar-refractivity contribution in [1.29, 1.82) is 0 Å². The number of rotatable bonds is 5. The summed E-state index contributed by atoms with van der Waals surface area (Å²) in [6.07, 6.45) is -8.86. The minimum absolute atomic E-state index is 0.000321. The molecule has 1 N–H and O–H groups in total. The molecule has 0 spiro atoms. The van der Waals surface area contributed by atoms with Crippen LogP contribution in [-0.4, -0.2) is 58.0 Å². The number of nitrogens with zero attached hydrogens (tertiary/aromatic N) is 3. The minimum atomic E-state index is -4.76. The third-order valence-corrected chi connectivity index (χ3v) is 6.55. The highest BCUT2D eigenvalue weighted by molar-refractivity contribution is 5.85. The number of hydrogen-bond donors (Lipinski definition) is 1. The van der Waals surface area contributed by atoms with Crippen LogP contribution in [0.4, 0.5) is 32.2 Å². The number of nitrogens with one attached hydrogen (secondary N) is 1. The predicted molar refractivity (Wildman–Crippen MR) is 91.2 cm³/mol. The molecule has 12 heteroatoms. The summed E-state index contributed by atoms with van der Waals surface area (Å²) in [6, 6.07) is 0.0125. The van der Waals surface area contributed by atoms with E-state index in [0.29, 0.717) is 5.69 Å². The van der Waals surface area contributed by atoms with Crippen LogP contribution in [0.2, 0.25) is 0 Å². The Bertz CT molecular complexity index is 838. The number of aromatic nitrogens is 2. The van der Waals surface area contributed by atoms with E-state index in [1.807, 2.05) is 0 Å². The molecule has 2 bridgehead atoms. The first-order chi connectivity index (χ1) is 13.8. The maximum Gasteiger partial charge on any atom is 0.522 e. The van der Waals surface area contributed by atoms with E-state index < -0.39 is 47.5 Å². The zero-order valence-corrected chi connectivity index (χ0v) is 16.1. The molecule has 1 saturated heterocycles. The summed E-state index contributed by atoms with van der Waals surface area (Å²) in [6.45, 7) is 2.82. The van der Waals surface area contributed by atoms with Crippen molar-refractivity contribution in [2.45, 2.75) is 69.3 Å². The van der Waals surface area contributed by atoms with Gasteiger partial charge in [-0.1, -0.05) is 0 Å². The van der Waals surface area contributed by atoms with Gasteiger partial charge in [0.1, 0.15) is 24.3 Å². The van der Waals surface area contributed by atoms with Gasteiger partial charge in [-0.05, 0) is 33.1 Å². The Morgan fingerprint density at radius 1 is 1.23 bits per heavy atom. The van der Waals surface area contributed by atoms with Gasteiger partial charge in [-0.2, -0.15) is 13.2 Å². The second kappa shape index (κ2) is 6.44. The van der Waals surface area contributed by atoms with Gasteiger partial charge >= 0.3 is 12.5 Å². The lowest BCUT2D eigenvalue weighted by Gasteiger charge is -2.70. The second-order valence-corrected chi connectivity index (χ2v) is 8.58. The van der Waals surface area contributed by atoms with Crippen LogP contribution >= 0.6 is 0 Å². The normalized spacial score (nSPS) is 33.8. The molecule has 3 aliphatic carbocycles. The topological polar surface area (TPSA) is 67.4 Å². The van der Waals surface area contributed by atoms with Crippen molar-refractivity contribution < 1.29 is 35.9 Å². The number of ether oxygens (including phenoxy) is 1. The molecule has 0 aromatic carbocycles. The number of halogens is 6. The van der Waals surface area contributed by atoms with Crippen molar-refractivity contribution in [2.75, 3.05) is 11.9 Å². The first kappa shape index (κ1) is 21.1. The molecule has 4 aliphatic rings. The number of carbonyl (C=O) groups is 1. The number of hydrogen-bond acceptors (Lipinski definition) is 5. The van der Waals surface area contributed by atoms with Crippen LogP contribution in [0.1, 0.15) is 38.8 Å². The quantitative estimate of drug-likeness (QED) is 0.714. The Labute approximate surface area is 168 Å². The summed E-state index contributed by atoms with van der Waals surface area (Å²) in [7, 11) is 0. The molecule has 30 heavy (non-hydrogen) atoms. The number of amides is 1. The number of carbonyl (C=O) groups excluding carboxylic acids is 1. The van der Waals surface area contributed by atoms with Gasteiger partial charge in [-0.25, -0.2) is 9.97 Å². The molecule has 1 aliphatic heterocycles. The van der Waals surface area contributed by atoms with Crippen LogP contribution < -0.4 is 5.32 Å². The van der Waals surface area contributed by atoms with Crippen LogP contribution in [0.5, 0.6) is 0 Å². The van der Waals surface area contributed by atoms with E-state index in [1.165, 1.54) is 25.1 Å². The zero-order chi connectivity index (χ0) is 22.1. The fourth-order valence-corrected chi connectivity index (χ4v) is 4.79. The van der Waals surface area contributed by atoms with Gasteiger partial charge in [0, 0.05) is 18.0 Å². The molecule has 1 aromatic heterocycles. The van der Waals surface area contributed by atoms with Gasteiger partial charge in [0.05, 0.1) is 17.2 Å². The van der Waals surface area contributed by atoms with Crippen molar-refractivity contribution in [3.63, 3.8) is 0 Å². The molecular formula is C18H20F6N4O2. The van der Waals surface area contributed by atoms with Crippen LogP contribution in [0.3, 0.4) is 0 Å². The molecule has 0 unspecified atom stereocenters. The largest absolute Gasteiger partial charge is 0.522 e. The lowest BCUT2D eigenvalue weighted by atomic mass is 9.34. The predicted octanol–water partition coefficient (Wildman–Crippen LogP) is 3.40. The van der Waals surface area contributed by atoms with Crippen LogP contribution in [0.15, 0.2) is 12.4 Å². The Hall–Kier alpha value is -2.11.